The van der Waals surface area contributed by atoms with E-state index in [1.165, 1.54) is 27.7 Å². The van der Waals surface area contributed by atoms with Crippen molar-refractivity contribution in [3.63, 3.8) is 0 Å². The maximum absolute atomic E-state index is 13.3. The lowest BCUT2D eigenvalue weighted by Crippen LogP contribution is -2.49. The van der Waals surface area contributed by atoms with Gasteiger partial charge < -0.3 is 19.7 Å². The molecule has 7 rings (SSSR count). The summed E-state index contributed by atoms with van der Waals surface area (Å²) in [7, 11) is -4.08. The normalized spacial score (nSPS) is 15.9. The number of sulfonamides is 1. The highest BCUT2D eigenvalue weighted by Crippen LogP contribution is 2.36. The first kappa shape index (κ1) is 40.5. The van der Waals surface area contributed by atoms with Crippen LogP contribution in [0.15, 0.2) is 137 Å². The smallest absolute Gasteiger partial charge is 0.264 e. The van der Waals surface area contributed by atoms with Crippen LogP contribution < -0.4 is 14.9 Å². The number of nitrogens with zero attached hydrogens (tertiary/aromatic N) is 2. The third-order valence-corrected chi connectivity index (χ3v) is 13.2. The molecule has 2 saturated heterocycles. The number of nitrogens with one attached hydrogen (secondary N) is 2. The molecule has 2 N–H and O–H groups in total. The number of rotatable bonds is 16. The minimum absolute atomic E-state index is 0.0459. The Morgan fingerprint density at radius 1 is 0.825 bits per heavy atom. The topological polar surface area (TPSA) is 100 Å². The largest absolute Gasteiger partial charge is 0.384 e. The monoisotopic (exact) mass is 804 g/mol. The van der Waals surface area contributed by atoms with E-state index in [0.717, 1.165) is 94.4 Å². The molecule has 1 amide bonds. The lowest BCUT2D eigenvalue weighted by atomic mass is 9.82. The van der Waals surface area contributed by atoms with E-state index >= 15 is 0 Å². The van der Waals surface area contributed by atoms with Crippen LogP contribution in [0, 0.1) is 6.92 Å². The maximum Gasteiger partial charge on any atom is 0.264 e. The second-order valence-corrected chi connectivity index (χ2v) is 17.6. The van der Waals surface area contributed by atoms with Gasteiger partial charge in [-0.15, -0.1) is 11.8 Å². The van der Waals surface area contributed by atoms with Crippen molar-refractivity contribution in [1.29, 1.82) is 0 Å². The summed E-state index contributed by atoms with van der Waals surface area (Å²) < 4.78 is 41.3. The van der Waals surface area contributed by atoms with Gasteiger partial charge in [0, 0.05) is 73.3 Å². The molecular formula is C46H52N4O5S2. The predicted molar refractivity (Wildman–Crippen MR) is 231 cm³/mol. The molecule has 5 aromatic carbocycles. The summed E-state index contributed by atoms with van der Waals surface area (Å²) in [5, 5.41) is 3.39. The van der Waals surface area contributed by atoms with E-state index in [0.29, 0.717) is 6.61 Å². The fraction of sp³-hybridized carbons (Fsp3) is 0.326. The number of morpholine rings is 1. The zero-order valence-corrected chi connectivity index (χ0v) is 34.2. The Hall–Kier alpha value is -4.65. The number of piperidine rings is 1. The van der Waals surface area contributed by atoms with Gasteiger partial charge in [0.05, 0.1) is 30.3 Å². The van der Waals surface area contributed by atoms with Gasteiger partial charge in [-0.1, -0.05) is 72.8 Å². The summed E-state index contributed by atoms with van der Waals surface area (Å²) >= 11 is 1.75. The van der Waals surface area contributed by atoms with Gasteiger partial charge in [0.15, 0.2) is 0 Å². The van der Waals surface area contributed by atoms with Crippen molar-refractivity contribution in [2.45, 2.75) is 41.6 Å². The van der Waals surface area contributed by atoms with Crippen LogP contribution in [0.2, 0.25) is 0 Å². The van der Waals surface area contributed by atoms with Crippen molar-refractivity contribution in [3.8, 4) is 11.1 Å². The summed E-state index contributed by atoms with van der Waals surface area (Å²) in [5.74, 6) is 0.202. The van der Waals surface area contributed by atoms with Crippen LogP contribution in [0.1, 0.15) is 34.3 Å². The van der Waals surface area contributed by atoms with Crippen molar-refractivity contribution < 1.29 is 22.7 Å². The summed E-state index contributed by atoms with van der Waals surface area (Å²) in [6, 6.07) is 41.5. The molecule has 0 atom stereocenters. The van der Waals surface area contributed by atoms with Crippen LogP contribution in [0.25, 0.3) is 11.1 Å². The molecule has 0 bridgehead atoms. The molecule has 0 aliphatic carbocycles. The summed E-state index contributed by atoms with van der Waals surface area (Å²) in [6.07, 6.45) is 2.51. The highest BCUT2D eigenvalue weighted by Gasteiger charge is 2.37. The van der Waals surface area contributed by atoms with Crippen molar-refractivity contribution >= 4 is 39.1 Å². The fourth-order valence-electron chi connectivity index (χ4n) is 7.62. The van der Waals surface area contributed by atoms with E-state index in [1.54, 1.807) is 36.0 Å². The number of hydrogen-bond acceptors (Lipinski definition) is 9. The van der Waals surface area contributed by atoms with Gasteiger partial charge >= 0.3 is 0 Å². The average Bonchev–Trinajstić information content (AvgIpc) is 3.24. The molecule has 9 nitrogen and oxygen atoms in total. The van der Waals surface area contributed by atoms with Gasteiger partial charge in [-0.2, -0.15) is 0 Å². The van der Waals surface area contributed by atoms with Crippen LogP contribution >= 0.6 is 11.8 Å². The van der Waals surface area contributed by atoms with Gasteiger partial charge in [-0.3, -0.25) is 9.69 Å². The quantitative estimate of drug-likeness (QED) is 0.0762. The van der Waals surface area contributed by atoms with Gasteiger partial charge in [-0.05, 0) is 96.6 Å². The zero-order chi connectivity index (χ0) is 39.5. The number of ether oxygens (including phenoxy) is 2. The number of carbonyl (C=O) groups is 1. The number of carbonyl (C=O) groups excluding carboxylic acids is 1. The molecule has 2 heterocycles. The molecule has 5 aromatic rings. The van der Waals surface area contributed by atoms with Crippen molar-refractivity contribution in [1.82, 2.24) is 9.62 Å². The van der Waals surface area contributed by atoms with E-state index in [9.17, 15) is 13.2 Å². The van der Waals surface area contributed by atoms with Crippen LogP contribution in [-0.2, 0) is 25.9 Å². The second-order valence-electron chi connectivity index (χ2n) is 14.7. The Bertz CT molecular complexity index is 2170. The highest BCUT2D eigenvalue weighted by molar-refractivity contribution is 7.99. The standard InChI is InChI=1S/C46H52N4O5S2/c1-36-34-42(20-21-44(36)47-24-33-56-41-13-6-3-7-14-41)57(52,53)48-45(51)38-16-18-40(19-17-38)50-25-22-46(23-26-50,55-32-29-49-27-30-54-31-28-49)35-39-12-8-9-15-43(39)37-10-4-2-5-11-37/h2-21,34,47H,22-33,35H2,1H3,(H,48,51). The molecule has 0 spiro atoms. The number of hydrogen-bond donors (Lipinski definition) is 2. The van der Waals surface area contributed by atoms with Crippen molar-refractivity contribution in [2.75, 3.05) is 75.1 Å². The van der Waals surface area contributed by atoms with Gasteiger partial charge in [0.2, 0.25) is 0 Å². The lowest BCUT2D eigenvalue weighted by molar-refractivity contribution is -0.0732. The van der Waals surface area contributed by atoms with Crippen LogP contribution in [-0.4, -0.2) is 89.7 Å². The van der Waals surface area contributed by atoms with E-state index in [-0.39, 0.29) is 16.1 Å². The number of thioether (sulfide) groups is 1. The Morgan fingerprint density at radius 3 is 2.23 bits per heavy atom. The zero-order valence-electron chi connectivity index (χ0n) is 32.6. The number of anilines is 2. The summed E-state index contributed by atoms with van der Waals surface area (Å²) in [5.41, 5.74) is 6.31. The van der Waals surface area contributed by atoms with Crippen LogP contribution in [0.4, 0.5) is 11.4 Å². The predicted octanol–water partition coefficient (Wildman–Crippen LogP) is 7.92. The van der Waals surface area contributed by atoms with Gasteiger partial charge in [0.25, 0.3) is 15.9 Å². The van der Waals surface area contributed by atoms with E-state index in [2.05, 4.69) is 80.5 Å². The molecule has 298 valence electrons. The number of aryl methyl sites for hydroxylation is 1. The first-order valence-corrected chi connectivity index (χ1v) is 22.3. The van der Waals surface area contributed by atoms with Crippen molar-refractivity contribution in [3.05, 3.63) is 144 Å². The first-order chi connectivity index (χ1) is 27.8. The number of benzene rings is 5. The molecule has 2 fully saturated rings. The molecule has 0 unspecified atom stereocenters. The number of amides is 1. The minimum atomic E-state index is -4.08. The van der Waals surface area contributed by atoms with Crippen LogP contribution in [0.3, 0.4) is 0 Å². The summed E-state index contributed by atoms with van der Waals surface area (Å²) in [6.45, 7) is 9.11. The summed E-state index contributed by atoms with van der Waals surface area (Å²) in [4.78, 5) is 19.2. The second kappa shape index (κ2) is 19.2. The Morgan fingerprint density at radius 2 is 1.51 bits per heavy atom. The van der Waals surface area contributed by atoms with Gasteiger partial charge in [-0.25, -0.2) is 13.1 Å². The molecule has 11 heteroatoms. The third kappa shape index (κ3) is 10.9. The molecule has 57 heavy (non-hydrogen) atoms. The van der Waals surface area contributed by atoms with E-state index < -0.39 is 15.9 Å². The van der Waals surface area contributed by atoms with E-state index in [4.69, 9.17) is 9.47 Å². The fourth-order valence-corrected chi connectivity index (χ4v) is 9.47. The molecule has 0 aromatic heterocycles. The Labute approximate surface area is 341 Å². The lowest BCUT2D eigenvalue weighted by Gasteiger charge is -2.43. The van der Waals surface area contributed by atoms with Crippen molar-refractivity contribution in [2.24, 2.45) is 0 Å². The third-order valence-electron chi connectivity index (χ3n) is 10.9. The SMILES string of the molecule is Cc1cc(S(=O)(=O)NC(=O)c2ccc(N3CCC(Cc4ccccc4-c4ccccc4)(OCCN4CCOCC4)CC3)cc2)ccc1NCCSc1ccccc1. The molecule has 2 aliphatic rings. The van der Waals surface area contributed by atoms with Gasteiger partial charge in [0.1, 0.15) is 0 Å². The first-order valence-electron chi connectivity index (χ1n) is 19.8. The molecule has 0 saturated carbocycles. The Balaban J connectivity index is 0.961. The minimum Gasteiger partial charge on any atom is -0.384 e. The average molecular weight is 805 g/mol. The molecular weight excluding hydrogens is 753 g/mol. The van der Waals surface area contributed by atoms with E-state index in [1.807, 2.05) is 43.3 Å². The maximum atomic E-state index is 13.3. The molecule has 0 radical (unpaired) electrons. The molecule has 2 aliphatic heterocycles. The highest BCUT2D eigenvalue weighted by atomic mass is 32.2. The van der Waals surface area contributed by atoms with Crippen LogP contribution in [0.5, 0.6) is 0 Å². The Kier molecular flexibility index (Phi) is 13.7.